The molecule has 0 aromatic heterocycles. The van der Waals surface area contributed by atoms with Gasteiger partial charge in [-0.15, -0.1) is 0 Å². The van der Waals surface area contributed by atoms with Crippen molar-refractivity contribution in [2.24, 2.45) is 5.73 Å². The number of ether oxygens (including phenoxy) is 1. The molecule has 2 N–H and O–H groups in total. The molecule has 0 radical (unpaired) electrons. The van der Waals surface area contributed by atoms with Crippen molar-refractivity contribution in [2.45, 2.75) is 18.6 Å². The lowest BCUT2D eigenvalue weighted by atomic mass is 9.93. The Morgan fingerprint density at radius 3 is 2.80 bits per heavy atom. The molecule has 0 fully saturated rings. The molecule has 2 nitrogen and oxygen atoms in total. The van der Waals surface area contributed by atoms with E-state index in [4.69, 9.17) is 22.1 Å². The summed E-state index contributed by atoms with van der Waals surface area (Å²) < 4.78 is 20.7. The van der Waals surface area contributed by atoms with E-state index < -0.39 is 6.10 Å². The molecule has 3 rings (SSSR count). The summed E-state index contributed by atoms with van der Waals surface area (Å²) in [5.74, 6) is 0.375. The Kier molecular flexibility index (Phi) is 3.71. The fourth-order valence-corrected chi connectivity index (χ4v) is 2.99. The zero-order valence-electron chi connectivity index (χ0n) is 10.4. The molecule has 0 spiro atoms. The second kappa shape index (κ2) is 5.35. The van der Waals surface area contributed by atoms with Gasteiger partial charge in [0.05, 0.1) is 0 Å². The van der Waals surface area contributed by atoms with Gasteiger partial charge in [-0.3, -0.25) is 0 Å². The van der Waals surface area contributed by atoms with Crippen LogP contribution in [0.3, 0.4) is 0 Å². The summed E-state index contributed by atoms with van der Waals surface area (Å²) in [6.07, 6.45) is 0.122. The Balaban J connectivity index is 1.99. The zero-order chi connectivity index (χ0) is 14.3. The van der Waals surface area contributed by atoms with Crippen LogP contribution in [0.15, 0.2) is 40.9 Å². The maximum absolute atomic E-state index is 14.0. The van der Waals surface area contributed by atoms with Gasteiger partial charge in [0.2, 0.25) is 0 Å². The molecule has 5 heteroatoms. The molecule has 0 bridgehead atoms. The number of benzene rings is 2. The molecule has 0 aliphatic carbocycles. The van der Waals surface area contributed by atoms with Gasteiger partial charge in [-0.1, -0.05) is 27.5 Å². The number of nitrogens with two attached hydrogens (primary N) is 1. The largest absolute Gasteiger partial charge is 0.485 e. The molecule has 1 unspecified atom stereocenters. The summed E-state index contributed by atoms with van der Waals surface area (Å²) in [5, 5.41) is 0.620. The Morgan fingerprint density at radius 2 is 2.00 bits per heavy atom. The van der Waals surface area contributed by atoms with Crippen molar-refractivity contribution in [3.8, 4) is 5.75 Å². The monoisotopic (exact) mass is 355 g/mol. The molecular weight excluding hydrogens is 345 g/mol. The van der Waals surface area contributed by atoms with E-state index in [1.165, 1.54) is 6.07 Å². The van der Waals surface area contributed by atoms with Gasteiger partial charge in [-0.05, 0) is 36.4 Å². The number of fused-ring (bicyclic) bond motifs is 1. The molecule has 104 valence electrons. The molecule has 2 atom stereocenters. The lowest BCUT2D eigenvalue weighted by Gasteiger charge is -2.31. The molecule has 2 aromatic carbocycles. The van der Waals surface area contributed by atoms with Gasteiger partial charge in [-0.25, -0.2) is 4.39 Å². The molecule has 2 aromatic rings. The Bertz CT molecular complexity index is 664. The van der Waals surface area contributed by atoms with Crippen LogP contribution in [0.4, 0.5) is 4.39 Å². The second-order valence-corrected chi connectivity index (χ2v) is 6.15. The first kappa shape index (κ1) is 13.9. The number of hydrogen-bond acceptors (Lipinski definition) is 2. The van der Waals surface area contributed by atoms with Crippen molar-refractivity contribution in [1.82, 2.24) is 0 Å². The average Bonchev–Trinajstić information content (AvgIpc) is 2.42. The van der Waals surface area contributed by atoms with Crippen LogP contribution in [0.5, 0.6) is 5.75 Å². The minimum atomic E-state index is -0.392. The Hall–Kier alpha value is -1.10. The van der Waals surface area contributed by atoms with E-state index in [9.17, 15) is 4.39 Å². The second-order valence-electron chi connectivity index (χ2n) is 4.80. The highest BCUT2D eigenvalue weighted by atomic mass is 79.9. The van der Waals surface area contributed by atoms with Gasteiger partial charge in [0.25, 0.3) is 0 Å². The van der Waals surface area contributed by atoms with Crippen molar-refractivity contribution < 1.29 is 9.13 Å². The maximum atomic E-state index is 14.0. The summed E-state index contributed by atoms with van der Waals surface area (Å²) in [5.41, 5.74) is 7.53. The summed E-state index contributed by atoms with van der Waals surface area (Å²) in [6, 6.07) is 9.91. The Labute approximate surface area is 129 Å². The summed E-state index contributed by atoms with van der Waals surface area (Å²) in [6.45, 7) is 0. The normalized spacial score (nSPS) is 21.2. The number of halogens is 3. The quantitative estimate of drug-likeness (QED) is 0.799. The number of hydrogen-bond donors (Lipinski definition) is 1. The molecule has 0 saturated heterocycles. The predicted octanol–water partition coefficient (Wildman–Crippen LogP) is 4.77. The van der Waals surface area contributed by atoms with Gasteiger partial charge >= 0.3 is 0 Å². The highest BCUT2D eigenvalue weighted by Crippen LogP contribution is 2.41. The summed E-state index contributed by atoms with van der Waals surface area (Å²) in [7, 11) is 0. The van der Waals surface area contributed by atoms with Gasteiger partial charge in [0, 0.05) is 33.1 Å². The van der Waals surface area contributed by atoms with Crippen molar-refractivity contribution in [1.29, 1.82) is 0 Å². The lowest BCUT2D eigenvalue weighted by molar-refractivity contribution is 0.157. The standard InChI is InChI=1S/C15H12BrClFNO/c16-8-1-3-12(18)10(5-8)15-7-13(19)11-6-9(17)2-4-14(11)20-15/h1-6,13,15H,7,19H2/t13-,15?/m0/s1. The van der Waals surface area contributed by atoms with E-state index >= 15 is 0 Å². The maximum Gasteiger partial charge on any atom is 0.130 e. The van der Waals surface area contributed by atoms with Crippen LogP contribution in [0, 0.1) is 5.82 Å². The third-order valence-corrected chi connectivity index (χ3v) is 4.14. The minimum absolute atomic E-state index is 0.221. The van der Waals surface area contributed by atoms with Gasteiger partial charge < -0.3 is 10.5 Å². The fourth-order valence-electron chi connectivity index (χ4n) is 2.43. The van der Waals surface area contributed by atoms with Crippen molar-refractivity contribution in [2.75, 3.05) is 0 Å². The van der Waals surface area contributed by atoms with Crippen LogP contribution in [0.1, 0.15) is 29.7 Å². The van der Waals surface area contributed by atoms with E-state index in [0.29, 0.717) is 22.8 Å². The Morgan fingerprint density at radius 1 is 1.20 bits per heavy atom. The minimum Gasteiger partial charge on any atom is -0.485 e. The molecule has 1 heterocycles. The van der Waals surface area contributed by atoms with Crippen LogP contribution in [0.25, 0.3) is 0 Å². The van der Waals surface area contributed by atoms with Crippen LogP contribution in [-0.4, -0.2) is 0 Å². The van der Waals surface area contributed by atoms with Crippen LogP contribution < -0.4 is 10.5 Å². The third-order valence-electron chi connectivity index (χ3n) is 3.41. The summed E-state index contributed by atoms with van der Waals surface area (Å²) >= 11 is 9.31. The van der Waals surface area contributed by atoms with E-state index in [1.54, 1.807) is 30.3 Å². The van der Waals surface area contributed by atoms with Gasteiger partial charge in [0.1, 0.15) is 17.7 Å². The zero-order valence-corrected chi connectivity index (χ0v) is 12.8. The van der Waals surface area contributed by atoms with Crippen molar-refractivity contribution in [3.63, 3.8) is 0 Å². The predicted molar refractivity (Wildman–Crippen MR) is 80.5 cm³/mol. The van der Waals surface area contributed by atoms with E-state index in [1.807, 2.05) is 0 Å². The molecule has 0 saturated carbocycles. The molecule has 0 amide bonds. The van der Waals surface area contributed by atoms with Gasteiger partial charge in [-0.2, -0.15) is 0 Å². The van der Waals surface area contributed by atoms with E-state index in [-0.39, 0.29) is 11.9 Å². The SMILES string of the molecule is N[C@H]1CC(c2cc(Br)ccc2F)Oc2ccc(Cl)cc21. The van der Waals surface area contributed by atoms with Crippen LogP contribution in [0.2, 0.25) is 5.02 Å². The molecule has 1 aliphatic rings. The lowest BCUT2D eigenvalue weighted by Crippen LogP contribution is -2.24. The average molecular weight is 357 g/mol. The third kappa shape index (κ3) is 2.55. The highest BCUT2D eigenvalue weighted by molar-refractivity contribution is 9.10. The van der Waals surface area contributed by atoms with Gasteiger partial charge in [0.15, 0.2) is 0 Å². The fraction of sp³-hybridized carbons (Fsp3) is 0.200. The van der Waals surface area contributed by atoms with E-state index in [2.05, 4.69) is 15.9 Å². The molecular formula is C15H12BrClFNO. The number of rotatable bonds is 1. The topological polar surface area (TPSA) is 35.2 Å². The first-order valence-corrected chi connectivity index (χ1v) is 7.38. The molecule has 1 aliphatic heterocycles. The van der Waals surface area contributed by atoms with Crippen LogP contribution >= 0.6 is 27.5 Å². The first-order chi connectivity index (χ1) is 9.54. The first-order valence-electron chi connectivity index (χ1n) is 6.21. The van der Waals surface area contributed by atoms with E-state index in [0.717, 1.165) is 10.0 Å². The summed E-state index contributed by atoms with van der Waals surface area (Å²) in [4.78, 5) is 0. The van der Waals surface area contributed by atoms with Crippen molar-refractivity contribution >= 4 is 27.5 Å². The van der Waals surface area contributed by atoms with Crippen LogP contribution in [-0.2, 0) is 0 Å². The van der Waals surface area contributed by atoms with Crippen molar-refractivity contribution in [3.05, 3.63) is 62.8 Å². The highest BCUT2D eigenvalue weighted by Gasteiger charge is 2.29. The smallest absolute Gasteiger partial charge is 0.130 e. The molecule has 20 heavy (non-hydrogen) atoms.